The third kappa shape index (κ3) is 2.45. The molecule has 0 fully saturated rings. The number of fused-ring (bicyclic) bond motifs is 1. The monoisotopic (exact) mass is 282 g/mol. The Morgan fingerprint density at radius 1 is 1.14 bits per heavy atom. The zero-order chi connectivity index (χ0) is 14.8. The summed E-state index contributed by atoms with van der Waals surface area (Å²) in [6.45, 7) is 0. The van der Waals surface area contributed by atoms with Crippen LogP contribution in [0.25, 0.3) is 10.9 Å². The molecule has 0 aliphatic carbocycles. The minimum absolute atomic E-state index is 0.191. The SMILES string of the molecule is COc1cc(C(N)c2cccc3cccnc23)ccc1F. The van der Waals surface area contributed by atoms with Gasteiger partial charge in [0.15, 0.2) is 11.6 Å². The highest BCUT2D eigenvalue weighted by molar-refractivity contribution is 5.82. The highest BCUT2D eigenvalue weighted by atomic mass is 19.1. The van der Waals surface area contributed by atoms with E-state index in [0.717, 1.165) is 22.0 Å². The highest BCUT2D eigenvalue weighted by Crippen LogP contribution is 2.28. The Morgan fingerprint density at radius 2 is 1.95 bits per heavy atom. The van der Waals surface area contributed by atoms with Gasteiger partial charge in [0, 0.05) is 11.6 Å². The van der Waals surface area contributed by atoms with Gasteiger partial charge in [-0.3, -0.25) is 4.98 Å². The number of hydrogen-bond acceptors (Lipinski definition) is 3. The Balaban J connectivity index is 2.10. The van der Waals surface area contributed by atoms with Crippen molar-refractivity contribution in [2.24, 2.45) is 5.73 Å². The number of rotatable bonds is 3. The molecular formula is C17H15FN2O. The molecule has 1 aromatic heterocycles. The second kappa shape index (κ2) is 5.50. The van der Waals surface area contributed by atoms with Crippen molar-refractivity contribution in [3.8, 4) is 5.75 Å². The van der Waals surface area contributed by atoms with Crippen molar-refractivity contribution in [1.29, 1.82) is 0 Å². The molecule has 2 N–H and O–H groups in total. The van der Waals surface area contributed by atoms with Crippen molar-refractivity contribution in [1.82, 2.24) is 4.98 Å². The first-order valence-corrected chi connectivity index (χ1v) is 6.63. The van der Waals surface area contributed by atoms with E-state index in [-0.39, 0.29) is 5.75 Å². The largest absolute Gasteiger partial charge is 0.494 e. The van der Waals surface area contributed by atoms with Crippen molar-refractivity contribution in [2.45, 2.75) is 6.04 Å². The molecule has 106 valence electrons. The van der Waals surface area contributed by atoms with Crippen molar-refractivity contribution in [2.75, 3.05) is 7.11 Å². The minimum atomic E-state index is -0.399. The maximum Gasteiger partial charge on any atom is 0.165 e. The number of pyridine rings is 1. The molecule has 0 bridgehead atoms. The summed E-state index contributed by atoms with van der Waals surface area (Å²) in [6.07, 6.45) is 1.74. The molecule has 0 aliphatic heterocycles. The highest BCUT2D eigenvalue weighted by Gasteiger charge is 2.15. The van der Waals surface area contributed by atoms with Crippen molar-refractivity contribution in [3.63, 3.8) is 0 Å². The lowest BCUT2D eigenvalue weighted by Gasteiger charge is -2.15. The van der Waals surface area contributed by atoms with Crippen molar-refractivity contribution >= 4 is 10.9 Å². The van der Waals surface area contributed by atoms with E-state index in [2.05, 4.69) is 4.98 Å². The number of halogens is 1. The van der Waals surface area contributed by atoms with Gasteiger partial charge in [-0.15, -0.1) is 0 Å². The van der Waals surface area contributed by atoms with E-state index < -0.39 is 11.9 Å². The van der Waals surface area contributed by atoms with Gasteiger partial charge in [-0.2, -0.15) is 0 Å². The van der Waals surface area contributed by atoms with Crippen LogP contribution in [-0.4, -0.2) is 12.1 Å². The zero-order valence-corrected chi connectivity index (χ0v) is 11.6. The lowest BCUT2D eigenvalue weighted by atomic mass is 9.97. The molecule has 1 atom stereocenters. The number of para-hydroxylation sites is 1. The first-order chi connectivity index (χ1) is 10.2. The van der Waals surface area contributed by atoms with Crippen LogP contribution < -0.4 is 10.5 Å². The number of aromatic nitrogens is 1. The lowest BCUT2D eigenvalue weighted by Crippen LogP contribution is -2.13. The summed E-state index contributed by atoms with van der Waals surface area (Å²) in [5.74, 6) is -0.208. The maximum absolute atomic E-state index is 13.5. The molecule has 0 radical (unpaired) electrons. The Hall–Kier alpha value is -2.46. The van der Waals surface area contributed by atoms with Crippen molar-refractivity contribution < 1.29 is 9.13 Å². The second-order valence-electron chi connectivity index (χ2n) is 4.79. The van der Waals surface area contributed by atoms with Crippen LogP contribution in [0, 0.1) is 5.82 Å². The Labute approximate surface area is 122 Å². The Kier molecular flexibility index (Phi) is 3.54. The molecule has 1 heterocycles. The molecule has 21 heavy (non-hydrogen) atoms. The number of nitrogens with zero attached hydrogens (tertiary/aromatic N) is 1. The predicted octanol–water partition coefficient (Wildman–Crippen LogP) is 3.43. The number of ether oxygens (including phenoxy) is 1. The standard InChI is InChI=1S/C17H15FN2O/c1-21-15-10-12(7-8-14(15)18)16(19)13-6-2-4-11-5-3-9-20-17(11)13/h2-10,16H,19H2,1H3. The van der Waals surface area contributed by atoms with Crippen LogP contribution in [0.3, 0.4) is 0 Å². The summed E-state index contributed by atoms with van der Waals surface area (Å²) in [4.78, 5) is 4.40. The number of methoxy groups -OCH3 is 1. The molecule has 4 heteroatoms. The average molecular weight is 282 g/mol. The number of nitrogens with two attached hydrogens (primary N) is 1. The molecule has 2 aromatic carbocycles. The molecule has 3 rings (SSSR count). The van der Waals surface area contributed by atoms with Gasteiger partial charge < -0.3 is 10.5 Å². The smallest absolute Gasteiger partial charge is 0.165 e. The topological polar surface area (TPSA) is 48.1 Å². The summed E-state index contributed by atoms with van der Waals surface area (Å²) in [5, 5.41) is 1.03. The summed E-state index contributed by atoms with van der Waals surface area (Å²) in [7, 11) is 1.44. The Morgan fingerprint density at radius 3 is 2.76 bits per heavy atom. The van der Waals surface area contributed by atoms with E-state index in [1.165, 1.54) is 13.2 Å². The average Bonchev–Trinajstić information content (AvgIpc) is 2.54. The van der Waals surface area contributed by atoms with E-state index in [1.54, 1.807) is 18.3 Å². The third-order valence-corrected chi connectivity index (χ3v) is 3.53. The first-order valence-electron chi connectivity index (χ1n) is 6.63. The maximum atomic E-state index is 13.5. The minimum Gasteiger partial charge on any atom is -0.494 e. The van der Waals surface area contributed by atoms with Gasteiger partial charge in [-0.05, 0) is 29.3 Å². The fourth-order valence-electron chi connectivity index (χ4n) is 2.43. The quantitative estimate of drug-likeness (QED) is 0.800. The lowest BCUT2D eigenvalue weighted by molar-refractivity contribution is 0.385. The van der Waals surface area contributed by atoms with E-state index in [4.69, 9.17) is 10.5 Å². The molecular weight excluding hydrogens is 267 g/mol. The van der Waals surface area contributed by atoms with Gasteiger partial charge >= 0.3 is 0 Å². The predicted molar refractivity (Wildman–Crippen MR) is 80.7 cm³/mol. The van der Waals surface area contributed by atoms with Crippen LogP contribution in [0.5, 0.6) is 5.75 Å². The van der Waals surface area contributed by atoms with Gasteiger partial charge in [-0.1, -0.05) is 30.3 Å². The number of benzene rings is 2. The molecule has 0 saturated heterocycles. The fraction of sp³-hybridized carbons (Fsp3) is 0.118. The van der Waals surface area contributed by atoms with Gasteiger partial charge in [0.25, 0.3) is 0 Å². The van der Waals surface area contributed by atoms with E-state index in [0.29, 0.717) is 0 Å². The van der Waals surface area contributed by atoms with Gasteiger partial charge in [0.1, 0.15) is 0 Å². The zero-order valence-electron chi connectivity index (χ0n) is 11.6. The first kappa shape index (κ1) is 13.5. The summed E-state index contributed by atoms with van der Waals surface area (Å²) >= 11 is 0. The summed E-state index contributed by atoms with van der Waals surface area (Å²) < 4.78 is 18.5. The summed E-state index contributed by atoms with van der Waals surface area (Å²) in [5.41, 5.74) is 8.88. The molecule has 3 nitrogen and oxygen atoms in total. The van der Waals surface area contributed by atoms with Crippen LogP contribution >= 0.6 is 0 Å². The van der Waals surface area contributed by atoms with Gasteiger partial charge in [-0.25, -0.2) is 4.39 Å². The molecule has 3 aromatic rings. The van der Waals surface area contributed by atoms with Crippen LogP contribution in [-0.2, 0) is 0 Å². The molecule has 0 saturated carbocycles. The molecule has 0 aliphatic rings. The van der Waals surface area contributed by atoms with Crippen LogP contribution in [0.2, 0.25) is 0 Å². The summed E-state index contributed by atoms with van der Waals surface area (Å²) in [6, 6.07) is 14.0. The van der Waals surface area contributed by atoms with Crippen LogP contribution in [0.1, 0.15) is 17.2 Å². The van der Waals surface area contributed by atoms with E-state index in [1.807, 2.05) is 30.3 Å². The van der Waals surface area contributed by atoms with Crippen LogP contribution in [0.4, 0.5) is 4.39 Å². The van der Waals surface area contributed by atoms with Crippen molar-refractivity contribution in [3.05, 3.63) is 71.7 Å². The van der Waals surface area contributed by atoms with Crippen LogP contribution in [0.15, 0.2) is 54.7 Å². The Bertz CT molecular complexity index is 783. The third-order valence-electron chi connectivity index (χ3n) is 3.53. The molecule has 0 amide bonds. The van der Waals surface area contributed by atoms with E-state index >= 15 is 0 Å². The molecule has 1 unspecified atom stereocenters. The number of hydrogen-bond donors (Lipinski definition) is 1. The van der Waals surface area contributed by atoms with Gasteiger partial charge in [0.05, 0.1) is 18.7 Å². The van der Waals surface area contributed by atoms with Gasteiger partial charge in [0.2, 0.25) is 0 Å². The fourth-order valence-corrected chi connectivity index (χ4v) is 2.43. The van der Waals surface area contributed by atoms with E-state index in [9.17, 15) is 4.39 Å². The normalized spacial score (nSPS) is 12.3. The molecule has 0 spiro atoms. The second-order valence-corrected chi connectivity index (χ2v) is 4.79.